The van der Waals surface area contributed by atoms with Gasteiger partial charge in [0.05, 0.1) is 10.7 Å². The number of piperazine rings is 1. The molecule has 0 spiro atoms. The molecule has 0 aliphatic carbocycles. The van der Waals surface area contributed by atoms with Gasteiger partial charge < -0.3 is 14.4 Å². The molecule has 2 aromatic rings. The normalized spacial score (nSPS) is 15.7. The minimum Gasteiger partial charge on any atom is -0.367 e. The first-order chi connectivity index (χ1) is 11.4. The standard InChI is InChI=1S/C19H24ClN3O/c1-19(2,3)18(24)23-12-10-22(11-13-23)17-7-6-15(14-16(17)20)21-8-4-5-9-21/h4-9,14H,10-13H2,1-3H3. The van der Waals surface area contributed by atoms with Crippen molar-refractivity contribution < 1.29 is 4.79 Å². The molecule has 1 aliphatic rings. The number of benzene rings is 1. The predicted octanol–water partition coefficient (Wildman–Crippen LogP) is 3.83. The molecule has 4 nitrogen and oxygen atoms in total. The van der Waals surface area contributed by atoms with Gasteiger partial charge in [-0.2, -0.15) is 0 Å². The highest BCUT2D eigenvalue weighted by molar-refractivity contribution is 6.33. The van der Waals surface area contributed by atoms with Crippen LogP contribution in [0.2, 0.25) is 5.02 Å². The number of hydrogen-bond donors (Lipinski definition) is 0. The van der Waals surface area contributed by atoms with Gasteiger partial charge in [0, 0.05) is 49.7 Å². The number of aromatic nitrogens is 1. The quantitative estimate of drug-likeness (QED) is 0.827. The molecule has 128 valence electrons. The Morgan fingerprint density at radius 1 is 1.04 bits per heavy atom. The highest BCUT2D eigenvalue weighted by atomic mass is 35.5. The zero-order chi connectivity index (χ0) is 17.3. The Morgan fingerprint density at radius 2 is 1.67 bits per heavy atom. The molecular formula is C19H24ClN3O. The van der Waals surface area contributed by atoms with Gasteiger partial charge in [-0.1, -0.05) is 32.4 Å². The largest absolute Gasteiger partial charge is 0.367 e. The van der Waals surface area contributed by atoms with E-state index in [0.29, 0.717) is 0 Å². The average Bonchev–Trinajstić information content (AvgIpc) is 3.08. The van der Waals surface area contributed by atoms with Gasteiger partial charge in [0.15, 0.2) is 0 Å². The molecule has 0 atom stereocenters. The molecule has 24 heavy (non-hydrogen) atoms. The number of carbonyl (C=O) groups is 1. The molecule has 1 aliphatic heterocycles. The van der Waals surface area contributed by atoms with E-state index in [-0.39, 0.29) is 11.3 Å². The summed E-state index contributed by atoms with van der Waals surface area (Å²) in [6.45, 7) is 9.02. The van der Waals surface area contributed by atoms with E-state index in [1.807, 2.05) is 60.8 Å². The Kier molecular flexibility index (Phi) is 4.59. The van der Waals surface area contributed by atoms with Crippen molar-refractivity contribution in [3.05, 3.63) is 47.7 Å². The van der Waals surface area contributed by atoms with Gasteiger partial charge in [-0.05, 0) is 30.3 Å². The SMILES string of the molecule is CC(C)(C)C(=O)N1CCN(c2ccc(-n3cccc3)cc2Cl)CC1. The van der Waals surface area contributed by atoms with E-state index in [0.717, 1.165) is 42.6 Å². The maximum absolute atomic E-state index is 12.4. The third kappa shape index (κ3) is 3.44. The van der Waals surface area contributed by atoms with Crippen molar-refractivity contribution in [1.29, 1.82) is 0 Å². The number of rotatable bonds is 2. The summed E-state index contributed by atoms with van der Waals surface area (Å²) in [6.07, 6.45) is 4.00. The van der Waals surface area contributed by atoms with E-state index >= 15 is 0 Å². The molecule has 0 unspecified atom stereocenters. The second-order valence-electron chi connectivity index (χ2n) is 7.26. The lowest BCUT2D eigenvalue weighted by atomic mass is 9.94. The van der Waals surface area contributed by atoms with Crippen molar-refractivity contribution in [1.82, 2.24) is 9.47 Å². The van der Waals surface area contributed by atoms with E-state index < -0.39 is 0 Å². The molecule has 0 bridgehead atoms. The van der Waals surface area contributed by atoms with Gasteiger partial charge >= 0.3 is 0 Å². The molecular weight excluding hydrogens is 322 g/mol. The van der Waals surface area contributed by atoms with Crippen LogP contribution in [-0.2, 0) is 4.79 Å². The topological polar surface area (TPSA) is 28.5 Å². The average molecular weight is 346 g/mol. The summed E-state index contributed by atoms with van der Waals surface area (Å²) >= 11 is 6.52. The fourth-order valence-corrected chi connectivity index (χ4v) is 3.34. The Labute approximate surface area is 148 Å². The van der Waals surface area contributed by atoms with E-state index in [2.05, 4.69) is 17.0 Å². The van der Waals surface area contributed by atoms with Crippen LogP contribution >= 0.6 is 11.6 Å². The van der Waals surface area contributed by atoms with E-state index in [1.54, 1.807) is 0 Å². The summed E-state index contributed by atoms with van der Waals surface area (Å²) < 4.78 is 2.04. The minimum absolute atomic E-state index is 0.219. The summed E-state index contributed by atoms with van der Waals surface area (Å²) in [5.74, 6) is 0.219. The number of carbonyl (C=O) groups excluding carboxylic acids is 1. The fraction of sp³-hybridized carbons (Fsp3) is 0.421. The molecule has 1 fully saturated rings. The Bertz CT molecular complexity index is 711. The highest BCUT2D eigenvalue weighted by Crippen LogP contribution is 2.29. The van der Waals surface area contributed by atoms with E-state index in [1.165, 1.54) is 0 Å². The van der Waals surface area contributed by atoms with Gasteiger partial charge in [-0.3, -0.25) is 4.79 Å². The second kappa shape index (κ2) is 6.52. The minimum atomic E-state index is -0.321. The third-order valence-electron chi connectivity index (χ3n) is 4.38. The lowest BCUT2D eigenvalue weighted by Crippen LogP contribution is -2.51. The van der Waals surface area contributed by atoms with Crippen LogP contribution in [0.3, 0.4) is 0 Å². The third-order valence-corrected chi connectivity index (χ3v) is 4.69. The van der Waals surface area contributed by atoms with Crippen LogP contribution in [0, 0.1) is 5.41 Å². The van der Waals surface area contributed by atoms with Crippen LogP contribution in [0.5, 0.6) is 0 Å². The molecule has 5 heteroatoms. The summed E-state index contributed by atoms with van der Waals surface area (Å²) in [5.41, 5.74) is 1.77. The van der Waals surface area contributed by atoms with Crippen molar-refractivity contribution >= 4 is 23.2 Å². The van der Waals surface area contributed by atoms with E-state index in [4.69, 9.17) is 11.6 Å². The lowest BCUT2D eigenvalue weighted by molar-refractivity contribution is -0.139. The maximum atomic E-state index is 12.4. The van der Waals surface area contributed by atoms with Crippen LogP contribution < -0.4 is 4.90 Å². The zero-order valence-corrected chi connectivity index (χ0v) is 15.3. The highest BCUT2D eigenvalue weighted by Gasteiger charge is 2.30. The molecule has 2 heterocycles. The Morgan fingerprint density at radius 3 is 2.21 bits per heavy atom. The molecule has 0 N–H and O–H groups in total. The van der Waals surface area contributed by atoms with Crippen molar-refractivity contribution in [2.45, 2.75) is 20.8 Å². The van der Waals surface area contributed by atoms with Gasteiger partial charge in [-0.25, -0.2) is 0 Å². The first-order valence-electron chi connectivity index (χ1n) is 8.33. The smallest absolute Gasteiger partial charge is 0.228 e. The zero-order valence-electron chi connectivity index (χ0n) is 14.5. The fourth-order valence-electron chi connectivity index (χ4n) is 3.04. The van der Waals surface area contributed by atoms with Gasteiger partial charge in [-0.15, -0.1) is 0 Å². The lowest BCUT2D eigenvalue weighted by Gasteiger charge is -2.39. The molecule has 1 aromatic carbocycles. The van der Waals surface area contributed by atoms with Gasteiger partial charge in [0.1, 0.15) is 0 Å². The number of nitrogens with zero attached hydrogens (tertiary/aromatic N) is 3. The number of amides is 1. The number of hydrogen-bond acceptors (Lipinski definition) is 2. The first kappa shape index (κ1) is 16.9. The molecule has 0 saturated carbocycles. The van der Waals surface area contributed by atoms with Crippen molar-refractivity contribution in [3.8, 4) is 5.69 Å². The number of anilines is 1. The Balaban J connectivity index is 1.70. The van der Waals surface area contributed by atoms with Crippen LogP contribution in [0.15, 0.2) is 42.7 Å². The van der Waals surface area contributed by atoms with E-state index in [9.17, 15) is 4.79 Å². The molecule has 1 amide bonds. The summed E-state index contributed by atoms with van der Waals surface area (Å²) in [7, 11) is 0. The summed E-state index contributed by atoms with van der Waals surface area (Å²) in [5, 5.41) is 0.747. The second-order valence-corrected chi connectivity index (χ2v) is 7.66. The monoisotopic (exact) mass is 345 g/mol. The summed E-state index contributed by atoms with van der Waals surface area (Å²) in [6, 6.07) is 10.1. The molecule has 1 saturated heterocycles. The molecule has 3 rings (SSSR count). The molecule has 0 radical (unpaired) electrons. The van der Waals surface area contributed by atoms with Crippen LogP contribution in [0.1, 0.15) is 20.8 Å². The number of halogens is 1. The Hall–Kier alpha value is -1.94. The van der Waals surface area contributed by atoms with Crippen LogP contribution in [0.25, 0.3) is 5.69 Å². The van der Waals surface area contributed by atoms with Crippen LogP contribution in [-0.4, -0.2) is 41.6 Å². The van der Waals surface area contributed by atoms with Crippen molar-refractivity contribution in [2.75, 3.05) is 31.1 Å². The summed E-state index contributed by atoms with van der Waals surface area (Å²) in [4.78, 5) is 16.6. The van der Waals surface area contributed by atoms with Gasteiger partial charge in [0.2, 0.25) is 5.91 Å². The first-order valence-corrected chi connectivity index (χ1v) is 8.71. The predicted molar refractivity (Wildman–Crippen MR) is 99.0 cm³/mol. The maximum Gasteiger partial charge on any atom is 0.228 e. The van der Waals surface area contributed by atoms with Crippen molar-refractivity contribution in [2.24, 2.45) is 5.41 Å². The van der Waals surface area contributed by atoms with Crippen molar-refractivity contribution in [3.63, 3.8) is 0 Å². The van der Waals surface area contributed by atoms with Gasteiger partial charge in [0.25, 0.3) is 0 Å². The molecule has 1 aromatic heterocycles. The van der Waals surface area contributed by atoms with Crippen LogP contribution in [0.4, 0.5) is 5.69 Å².